The second kappa shape index (κ2) is 6.82. The minimum absolute atomic E-state index is 0.0836. The number of rotatable bonds is 6. The molecule has 118 valence electrons. The Labute approximate surface area is 128 Å². The maximum Gasteiger partial charge on any atom is 0.358 e. The molecule has 1 fully saturated rings. The molecule has 1 aliphatic rings. The number of likely N-dealkylation sites (tertiary alicyclic amines) is 1. The molecular weight excluding hydrogens is 314 g/mol. The fourth-order valence-electron chi connectivity index (χ4n) is 2.32. The van der Waals surface area contributed by atoms with E-state index in [-0.39, 0.29) is 9.90 Å². The Kier molecular flexibility index (Phi) is 5.31. The average molecular weight is 333 g/mol. The van der Waals surface area contributed by atoms with Crippen LogP contribution >= 0.6 is 11.3 Å². The van der Waals surface area contributed by atoms with Crippen molar-refractivity contribution in [3.05, 3.63) is 11.2 Å². The second-order valence-corrected chi connectivity index (χ2v) is 7.70. The van der Waals surface area contributed by atoms with E-state index in [1.807, 2.05) is 0 Å². The molecule has 0 radical (unpaired) electrons. The Hall–Kier alpha value is -1.03. The molecule has 2 heterocycles. The number of carbonyl (C=O) groups is 1. The Bertz CT molecular complexity index is 599. The van der Waals surface area contributed by atoms with Gasteiger partial charge in [0.05, 0.1) is 12.6 Å². The lowest BCUT2D eigenvalue weighted by atomic mass is 10.1. The largest absolute Gasteiger partial charge is 0.464 e. The van der Waals surface area contributed by atoms with Crippen LogP contribution in [0.1, 0.15) is 23.8 Å². The average Bonchev–Trinajstić information content (AvgIpc) is 3.13. The Balaban J connectivity index is 2.03. The van der Waals surface area contributed by atoms with E-state index in [0.717, 1.165) is 37.4 Å². The summed E-state index contributed by atoms with van der Waals surface area (Å²) in [4.78, 5) is 17.6. The first-order valence-corrected chi connectivity index (χ1v) is 9.08. The molecule has 9 heteroatoms. The van der Waals surface area contributed by atoms with E-state index in [2.05, 4.69) is 26.3 Å². The summed E-state index contributed by atoms with van der Waals surface area (Å²) in [7, 11) is -2.53. The zero-order valence-electron chi connectivity index (χ0n) is 12.0. The van der Waals surface area contributed by atoms with Gasteiger partial charge in [-0.05, 0) is 25.4 Å². The number of esters is 1. The molecule has 7 nitrogen and oxygen atoms in total. The van der Waals surface area contributed by atoms with Crippen LogP contribution in [-0.2, 0) is 14.8 Å². The number of hydrogen-bond acceptors (Lipinski definition) is 7. The fraction of sp³-hybridized carbons (Fsp3) is 0.667. The van der Waals surface area contributed by atoms with Crippen LogP contribution in [0.5, 0.6) is 0 Å². The predicted molar refractivity (Wildman–Crippen MR) is 78.9 cm³/mol. The van der Waals surface area contributed by atoms with Gasteiger partial charge in [0.25, 0.3) is 10.0 Å². The summed E-state index contributed by atoms with van der Waals surface area (Å²) in [6.45, 7) is 5.33. The van der Waals surface area contributed by atoms with Crippen LogP contribution in [0.4, 0.5) is 0 Å². The van der Waals surface area contributed by atoms with Crippen molar-refractivity contribution in [1.29, 1.82) is 0 Å². The summed E-state index contributed by atoms with van der Waals surface area (Å²) < 4.78 is 31.6. The van der Waals surface area contributed by atoms with E-state index in [4.69, 9.17) is 0 Å². The van der Waals surface area contributed by atoms with Gasteiger partial charge in [-0.15, -0.1) is 11.3 Å². The number of sulfonamides is 1. The first-order chi connectivity index (χ1) is 9.97. The highest BCUT2D eigenvalue weighted by atomic mass is 32.2. The van der Waals surface area contributed by atoms with Gasteiger partial charge >= 0.3 is 5.97 Å². The molecular formula is C12H19N3O4S2. The molecule has 1 aliphatic heterocycles. The molecule has 2 rings (SSSR count). The summed E-state index contributed by atoms with van der Waals surface area (Å²) in [6.07, 6.45) is 0.975. The van der Waals surface area contributed by atoms with Gasteiger partial charge in [0.15, 0.2) is 9.90 Å². The first kappa shape index (κ1) is 16.3. The van der Waals surface area contributed by atoms with Gasteiger partial charge in [-0.1, -0.05) is 6.92 Å². The zero-order valence-corrected chi connectivity index (χ0v) is 13.7. The highest BCUT2D eigenvalue weighted by Crippen LogP contribution is 2.21. The van der Waals surface area contributed by atoms with E-state index >= 15 is 0 Å². The molecule has 0 saturated carbocycles. The SMILES string of the molecule is CCN1CCC(CNS(=O)(=O)c2scnc2C(=O)OC)C1. The number of thiazole rings is 1. The van der Waals surface area contributed by atoms with E-state index in [0.29, 0.717) is 12.5 Å². The van der Waals surface area contributed by atoms with Crippen LogP contribution < -0.4 is 4.72 Å². The Morgan fingerprint density at radius 1 is 1.62 bits per heavy atom. The van der Waals surface area contributed by atoms with Gasteiger partial charge < -0.3 is 9.64 Å². The summed E-state index contributed by atoms with van der Waals surface area (Å²) in [5, 5.41) is 0. The number of hydrogen-bond donors (Lipinski definition) is 1. The van der Waals surface area contributed by atoms with Crippen molar-refractivity contribution in [2.24, 2.45) is 5.92 Å². The van der Waals surface area contributed by atoms with Gasteiger partial charge in [-0.25, -0.2) is 22.9 Å². The molecule has 1 atom stereocenters. The number of aromatic nitrogens is 1. The lowest BCUT2D eigenvalue weighted by Gasteiger charge is -2.13. The van der Waals surface area contributed by atoms with Gasteiger partial charge in [-0.3, -0.25) is 0 Å². The summed E-state index contributed by atoms with van der Waals surface area (Å²) in [6, 6.07) is 0. The second-order valence-electron chi connectivity index (χ2n) is 4.88. The van der Waals surface area contributed by atoms with Crippen LogP contribution in [0.3, 0.4) is 0 Å². The highest BCUT2D eigenvalue weighted by Gasteiger charge is 2.28. The van der Waals surface area contributed by atoms with E-state index in [1.54, 1.807) is 0 Å². The minimum Gasteiger partial charge on any atom is -0.464 e. The molecule has 1 saturated heterocycles. The Morgan fingerprint density at radius 3 is 3.00 bits per heavy atom. The smallest absolute Gasteiger partial charge is 0.358 e. The lowest BCUT2D eigenvalue weighted by molar-refractivity contribution is 0.0590. The fourth-order valence-corrected chi connectivity index (χ4v) is 4.61. The van der Waals surface area contributed by atoms with E-state index < -0.39 is 16.0 Å². The first-order valence-electron chi connectivity index (χ1n) is 6.71. The van der Waals surface area contributed by atoms with Gasteiger partial charge in [-0.2, -0.15) is 0 Å². The van der Waals surface area contributed by atoms with E-state index in [1.165, 1.54) is 12.6 Å². The topological polar surface area (TPSA) is 88.6 Å². The summed E-state index contributed by atoms with van der Waals surface area (Å²) >= 11 is 0.915. The van der Waals surface area contributed by atoms with Crippen LogP contribution in [0.25, 0.3) is 0 Å². The minimum atomic E-state index is -3.73. The third kappa shape index (κ3) is 3.79. The molecule has 0 bridgehead atoms. The van der Waals surface area contributed by atoms with Crippen molar-refractivity contribution in [2.75, 3.05) is 33.3 Å². The standard InChI is InChI=1S/C12H19N3O4S2/c1-3-15-5-4-9(7-15)6-14-21(17,18)12-10(11(16)19-2)13-8-20-12/h8-9,14H,3-7H2,1-2H3. The van der Waals surface area contributed by atoms with Crippen molar-refractivity contribution in [3.8, 4) is 0 Å². The van der Waals surface area contributed by atoms with Crippen molar-refractivity contribution >= 4 is 27.3 Å². The van der Waals surface area contributed by atoms with Gasteiger partial charge in [0, 0.05) is 13.1 Å². The molecule has 0 amide bonds. The molecule has 21 heavy (non-hydrogen) atoms. The molecule has 1 aromatic heterocycles. The van der Waals surface area contributed by atoms with Crippen LogP contribution in [0, 0.1) is 5.92 Å². The lowest BCUT2D eigenvalue weighted by Crippen LogP contribution is -2.31. The number of nitrogens with zero attached hydrogens (tertiary/aromatic N) is 2. The number of ether oxygens (including phenoxy) is 1. The molecule has 1 unspecified atom stereocenters. The number of nitrogens with one attached hydrogen (secondary N) is 1. The monoisotopic (exact) mass is 333 g/mol. The molecule has 0 aromatic carbocycles. The summed E-state index contributed by atoms with van der Waals surface area (Å²) in [5.74, 6) is -0.441. The normalized spacial score (nSPS) is 19.8. The van der Waals surface area contributed by atoms with Crippen molar-refractivity contribution in [3.63, 3.8) is 0 Å². The third-order valence-corrected chi connectivity index (χ3v) is 6.33. The van der Waals surface area contributed by atoms with Crippen molar-refractivity contribution in [1.82, 2.24) is 14.6 Å². The highest BCUT2D eigenvalue weighted by molar-refractivity contribution is 7.91. The van der Waals surface area contributed by atoms with Crippen molar-refractivity contribution in [2.45, 2.75) is 17.6 Å². The summed E-state index contributed by atoms with van der Waals surface area (Å²) in [5.41, 5.74) is 1.17. The Morgan fingerprint density at radius 2 is 2.38 bits per heavy atom. The van der Waals surface area contributed by atoms with Crippen LogP contribution in [0.15, 0.2) is 9.72 Å². The zero-order chi connectivity index (χ0) is 15.5. The maximum atomic E-state index is 12.3. The molecule has 1 N–H and O–H groups in total. The molecule has 1 aromatic rings. The molecule has 0 aliphatic carbocycles. The third-order valence-electron chi connectivity index (χ3n) is 3.54. The van der Waals surface area contributed by atoms with Crippen molar-refractivity contribution < 1.29 is 17.9 Å². The quantitative estimate of drug-likeness (QED) is 0.765. The number of methoxy groups -OCH3 is 1. The van der Waals surface area contributed by atoms with Crippen LogP contribution in [0.2, 0.25) is 0 Å². The van der Waals surface area contributed by atoms with Gasteiger partial charge in [0.2, 0.25) is 0 Å². The van der Waals surface area contributed by atoms with Gasteiger partial charge in [0.1, 0.15) is 0 Å². The maximum absolute atomic E-state index is 12.3. The van der Waals surface area contributed by atoms with Crippen LogP contribution in [-0.4, -0.2) is 57.6 Å². The molecule has 0 spiro atoms. The predicted octanol–water partition coefficient (Wildman–Crippen LogP) is 0.550. The van der Waals surface area contributed by atoms with E-state index in [9.17, 15) is 13.2 Å². The number of carbonyl (C=O) groups excluding carboxylic acids is 1.